The van der Waals surface area contributed by atoms with E-state index in [1.807, 2.05) is 41.3 Å². The summed E-state index contributed by atoms with van der Waals surface area (Å²) in [6.45, 7) is 4.73. The van der Waals surface area contributed by atoms with Gasteiger partial charge in [0.05, 0.1) is 23.2 Å². The smallest absolute Gasteiger partial charge is 0.233 e. The number of rotatable bonds is 6. The largest absolute Gasteiger partial charge is 0.283 e. The van der Waals surface area contributed by atoms with Crippen LogP contribution in [0.2, 0.25) is 0 Å². The predicted molar refractivity (Wildman–Crippen MR) is 122 cm³/mol. The van der Waals surface area contributed by atoms with Crippen molar-refractivity contribution >= 4 is 32.6 Å². The molecule has 0 aliphatic heterocycles. The molecule has 0 aliphatic carbocycles. The Balaban J connectivity index is 1.65. The van der Waals surface area contributed by atoms with Crippen molar-refractivity contribution in [2.24, 2.45) is 0 Å². The molecular weight excluding hydrogens is 376 g/mol. The van der Waals surface area contributed by atoms with Crippen LogP contribution >= 0.6 is 11.3 Å². The standard InChI is InChI=1S/C25H24N2OS/c1-3-19-10-12-20(13-11-19)16-24(28)27(17-21-7-5-4-6-8-21)25-26-22-14-9-18(2)15-23(22)29-25/h4-15H,3,16-17H2,1-2H3. The fourth-order valence-electron chi connectivity index (χ4n) is 3.33. The third kappa shape index (κ3) is 4.54. The van der Waals surface area contributed by atoms with Crippen molar-refractivity contribution < 1.29 is 4.79 Å². The number of aryl methyl sites for hydroxylation is 2. The molecule has 4 aromatic rings. The number of anilines is 1. The van der Waals surface area contributed by atoms with Crippen LogP contribution < -0.4 is 4.90 Å². The molecule has 3 nitrogen and oxygen atoms in total. The van der Waals surface area contributed by atoms with E-state index >= 15 is 0 Å². The molecule has 0 aliphatic rings. The number of fused-ring (bicyclic) bond motifs is 1. The van der Waals surface area contributed by atoms with Crippen LogP contribution in [0.4, 0.5) is 5.13 Å². The maximum Gasteiger partial charge on any atom is 0.233 e. The van der Waals surface area contributed by atoms with Gasteiger partial charge < -0.3 is 0 Å². The lowest BCUT2D eigenvalue weighted by atomic mass is 10.1. The lowest BCUT2D eigenvalue weighted by molar-refractivity contribution is -0.118. The van der Waals surface area contributed by atoms with Gasteiger partial charge >= 0.3 is 0 Å². The summed E-state index contributed by atoms with van der Waals surface area (Å²) in [5.41, 5.74) is 5.54. The number of nitrogens with zero attached hydrogens (tertiary/aromatic N) is 2. The molecule has 0 N–H and O–H groups in total. The van der Waals surface area contributed by atoms with Crippen molar-refractivity contribution in [2.45, 2.75) is 33.2 Å². The van der Waals surface area contributed by atoms with E-state index in [2.05, 4.69) is 50.2 Å². The quantitative estimate of drug-likeness (QED) is 0.401. The van der Waals surface area contributed by atoms with Crippen molar-refractivity contribution in [3.05, 3.63) is 95.1 Å². The molecule has 0 saturated carbocycles. The maximum atomic E-state index is 13.3. The molecule has 4 heteroatoms. The number of benzene rings is 3. The SMILES string of the molecule is CCc1ccc(CC(=O)N(Cc2ccccc2)c2nc3ccc(C)cc3s2)cc1. The van der Waals surface area contributed by atoms with Crippen molar-refractivity contribution in [1.29, 1.82) is 0 Å². The molecule has 0 unspecified atom stereocenters. The van der Waals surface area contributed by atoms with Gasteiger partial charge in [-0.25, -0.2) is 4.98 Å². The molecular formula is C25H24N2OS. The molecule has 0 spiro atoms. The van der Waals surface area contributed by atoms with Gasteiger partial charge in [-0.2, -0.15) is 0 Å². The second kappa shape index (κ2) is 8.58. The zero-order valence-electron chi connectivity index (χ0n) is 16.8. The topological polar surface area (TPSA) is 33.2 Å². The molecule has 0 bridgehead atoms. The van der Waals surface area contributed by atoms with Crippen LogP contribution in [0.5, 0.6) is 0 Å². The van der Waals surface area contributed by atoms with Gasteiger partial charge in [-0.05, 0) is 47.7 Å². The molecule has 146 valence electrons. The first kappa shape index (κ1) is 19.3. The zero-order valence-corrected chi connectivity index (χ0v) is 17.6. The molecule has 1 heterocycles. The number of amides is 1. The first-order valence-electron chi connectivity index (χ1n) is 9.91. The van der Waals surface area contributed by atoms with E-state index < -0.39 is 0 Å². The van der Waals surface area contributed by atoms with E-state index in [1.54, 1.807) is 11.3 Å². The number of aromatic nitrogens is 1. The number of thiazole rings is 1. The molecule has 0 saturated heterocycles. The molecule has 0 fully saturated rings. The minimum atomic E-state index is 0.0638. The highest BCUT2D eigenvalue weighted by molar-refractivity contribution is 7.22. The highest BCUT2D eigenvalue weighted by Crippen LogP contribution is 2.31. The Morgan fingerprint density at radius 3 is 2.38 bits per heavy atom. The van der Waals surface area contributed by atoms with Crippen molar-refractivity contribution in [3.8, 4) is 0 Å². The molecule has 4 rings (SSSR count). The van der Waals surface area contributed by atoms with Gasteiger partial charge in [0.25, 0.3) is 0 Å². The normalized spacial score (nSPS) is 11.0. The Hall–Kier alpha value is -2.98. The summed E-state index contributed by atoms with van der Waals surface area (Å²) >= 11 is 1.58. The lowest BCUT2D eigenvalue weighted by Gasteiger charge is -2.20. The molecule has 0 atom stereocenters. The first-order valence-corrected chi connectivity index (χ1v) is 10.7. The monoisotopic (exact) mass is 400 g/mol. The van der Waals surface area contributed by atoms with Crippen molar-refractivity contribution in [1.82, 2.24) is 4.98 Å². The van der Waals surface area contributed by atoms with Gasteiger partial charge in [0.1, 0.15) is 0 Å². The van der Waals surface area contributed by atoms with Crippen LogP contribution in [-0.4, -0.2) is 10.9 Å². The third-order valence-corrected chi connectivity index (χ3v) is 6.08. The highest BCUT2D eigenvalue weighted by atomic mass is 32.1. The van der Waals surface area contributed by atoms with Crippen LogP contribution in [0.3, 0.4) is 0 Å². The van der Waals surface area contributed by atoms with Gasteiger partial charge in [0.15, 0.2) is 5.13 Å². The fourth-order valence-corrected chi connectivity index (χ4v) is 4.41. The van der Waals surface area contributed by atoms with Crippen LogP contribution in [0, 0.1) is 6.92 Å². The molecule has 29 heavy (non-hydrogen) atoms. The second-order valence-corrected chi connectivity index (χ2v) is 8.29. The molecule has 0 radical (unpaired) electrons. The Kier molecular flexibility index (Phi) is 5.72. The Morgan fingerprint density at radius 1 is 0.931 bits per heavy atom. The average Bonchev–Trinajstić information content (AvgIpc) is 3.16. The first-order chi connectivity index (χ1) is 14.1. The Labute approximate surface area is 175 Å². The summed E-state index contributed by atoms with van der Waals surface area (Å²) in [4.78, 5) is 19.9. The highest BCUT2D eigenvalue weighted by Gasteiger charge is 2.20. The van der Waals surface area contributed by atoms with Gasteiger partial charge in [-0.1, -0.05) is 78.9 Å². The van der Waals surface area contributed by atoms with Crippen molar-refractivity contribution in [2.75, 3.05) is 4.90 Å². The molecule has 1 amide bonds. The van der Waals surface area contributed by atoms with Gasteiger partial charge in [-0.3, -0.25) is 9.69 Å². The van der Waals surface area contributed by atoms with E-state index in [0.29, 0.717) is 13.0 Å². The summed E-state index contributed by atoms with van der Waals surface area (Å²) in [7, 11) is 0. The van der Waals surface area contributed by atoms with E-state index in [0.717, 1.165) is 32.9 Å². The average molecular weight is 401 g/mol. The molecule has 3 aromatic carbocycles. The zero-order chi connectivity index (χ0) is 20.2. The summed E-state index contributed by atoms with van der Waals surface area (Å²) in [5, 5.41) is 0.754. The fraction of sp³-hybridized carbons (Fsp3) is 0.200. The second-order valence-electron chi connectivity index (χ2n) is 7.28. The van der Waals surface area contributed by atoms with E-state index in [4.69, 9.17) is 4.98 Å². The number of hydrogen-bond acceptors (Lipinski definition) is 3. The maximum absolute atomic E-state index is 13.3. The van der Waals surface area contributed by atoms with Crippen LogP contribution in [-0.2, 0) is 24.2 Å². The summed E-state index contributed by atoms with van der Waals surface area (Å²) in [6.07, 6.45) is 1.37. The third-order valence-electron chi connectivity index (χ3n) is 5.03. The van der Waals surface area contributed by atoms with E-state index in [-0.39, 0.29) is 5.91 Å². The summed E-state index contributed by atoms with van der Waals surface area (Å²) < 4.78 is 1.11. The van der Waals surface area contributed by atoms with Gasteiger partial charge in [0, 0.05) is 0 Å². The number of hydrogen-bond donors (Lipinski definition) is 0. The van der Waals surface area contributed by atoms with E-state index in [1.165, 1.54) is 11.1 Å². The van der Waals surface area contributed by atoms with Crippen LogP contribution in [0.15, 0.2) is 72.8 Å². The summed E-state index contributed by atoms with van der Waals surface area (Å²) in [5.74, 6) is 0.0638. The predicted octanol–water partition coefficient (Wildman–Crippen LogP) is 5.94. The van der Waals surface area contributed by atoms with Crippen molar-refractivity contribution in [3.63, 3.8) is 0 Å². The number of carbonyl (C=O) groups is 1. The van der Waals surface area contributed by atoms with Gasteiger partial charge in [-0.15, -0.1) is 0 Å². The Bertz CT molecular complexity index is 1120. The minimum absolute atomic E-state index is 0.0638. The Morgan fingerprint density at radius 2 is 1.66 bits per heavy atom. The van der Waals surface area contributed by atoms with Crippen LogP contribution in [0.25, 0.3) is 10.2 Å². The van der Waals surface area contributed by atoms with Crippen LogP contribution in [0.1, 0.15) is 29.2 Å². The summed E-state index contributed by atoms with van der Waals surface area (Å²) in [6, 6.07) is 24.6. The lowest BCUT2D eigenvalue weighted by Crippen LogP contribution is -2.31. The minimum Gasteiger partial charge on any atom is -0.283 e. The molecule has 1 aromatic heterocycles. The number of carbonyl (C=O) groups excluding carboxylic acids is 1. The van der Waals surface area contributed by atoms with E-state index in [9.17, 15) is 4.79 Å². The van der Waals surface area contributed by atoms with Gasteiger partial charge in [0.2, 0.25) is 5.91 Å².